The first kappa shape index (κ1) is 33.8. The first-order valence-electron chi connectivity index (χ1n) is 12.8. The molecule has 0 nitrogen and oxygen atoms in total. The van der Waals surface area contributed by atoms with Crippen molar-refractivity contribution in [1.82, 2.24) is 0 Å². The summed E-state index contributed by atoms with van der Waals surface area (Å²) in [6.45, 7) is 6.75. The van der Waals surface area contributed by atoms with Gasteiger partial charge in [0.25, 0.3) is 0 Å². The Morgan fingerprint density at radius 3 is 1.95 bits per heavy atom. The molecule has 0 heterocycles. The van der Waals surface area contributed by atoms with Crippen LogP contribution in [0.2, 0.25) is 0 Å². The van der Waals surface area contributed by atoms with Gasteiger partial charge in [-0.2, -0.15) is 12.1 Å². The Morgan fingerprint density at radius 2 is 1.30 bits per heavy atom. The number of fused-ring (bicyclic) bond motifs is 2. The molecule has 0 unspecified atom stereocenters. The Morgan fingerprint density at radius 1 is 0.676 bits per heavy atom. The van der Waals surface area contributed by atoms with Gasteiger partial charge in [-0.05, 0) is 30.7 Å². The van der Waals surface area contributed by atoms with E-state index in [0.717, 1.165) is 0 Å². The van der Waals surface area contributed by atoms with Crippen LogP contribution in [0, 0.1) is 6.92 Å². The second kappa shape index (κ2) is 17.4. The molecule has 0 spiro atoms. The molecule has 0 N–H and O–H groups in total. The molecule has 192 valence electrons. The zero-order valence-electron chi connectivity index (χ0n) is 22.2. The third kappa shape index (κ3) is 9.18. The maximum atomic E-state index is 2.44. The summed E-state index contributed by atoms with van der Waals surface area (Å²) < 4.78 is 0. The van der Waals surface area contributed by atoms with Gasteiger partial charge in [-0.25, -0.2) is 0 Å². The van der Waals surface area contributed by atoms with E-state index in [-0.39, 0.29) is 58.6 Å². The van der Waals surface area contributed by atoms with Crippen molar-refractivity contribution in [3.63, 3.8) is 0 Å². The zero-order valence-corrected chi connectivity index (χ0v) is 28.2. The Kier molecular flexibility index (Phi) is 15.9. The topological polar surface area (TPSA) is 0 Å². The van der Waals surface area contributed by atoms with E-state index in [1.54, 1.807) is 5.30 Å². The van der Waals surface area contributed by atoms with Gasteiger partial charge in [0.1, 0.15) is 0 Å². The van der Waals surface area contributed by atoms with Crippen LogP contribution in [-0.2, 0) is 25.8 Å². The molecule has 0 saturated heterocycles. The van der Waals surface area contributed by atoms with Crippen molar-refractivity contribution in [1.29, 1.82) is 0 Å². The standard InChI is InChI=1S/C17H24P.C16H13.2ClH.Hf/c1-3-5-11-18(12-6-4-2)17-13-15-9-7-8-10-16(15)14-17;1-12-10-14-8-5-9-15(16(14)11-12)13-6-3-2-4-7-13;;;/h7-10,13-14H,3-6,11-12H2,1-2H3;2-11H,1H3;2*1H;/q2*-1;;;+4/p-2. The van der Waals surface area contributed by atoms with Crippen LogP contribution in [0.3, 0.4) is 0 Å². The molecule has 0 aliphatic carbocycles. The average Bonchev–Trinajstić information content (AvgIpc) is 3.47. The van der Waals surface area contributed by atoms with Gasteiger partial charge in [-0.1, -0.05) is 89.6 Å². The summed E-state index contributed by atoms with van der Waals surface area (Å²) in [5.41, 5.74) is 3.95. The average molecular weight is 714 g/mol. The molecule has 0 bridgehead atoms. The number of rotatable bonds is 8. The molecule has 4 heteroatoms. The maximum absolute atomic E-state index is 2.44. The van der Waals surface area contributed by atoms with Crippen molar-refractivity contribution < 1.29 is 50.7 Å². The van der Waals surface area contributed by atoms with Crippen molar-refractivity contribution in [2.75, 3.05) is 12.3 Å². The minimum absolute atomic E-state index is 0. The molecule has 0 aliphatic heterocycles. The Bertz CT molecular complexity index is 1260. The second-order valence-electron chi connectivity index (χ2n) is 9.24. The summed E-state index contributed by atoms with van der Waals surface area (Å²) in [5.74, 6) is 0. The number of hydrogen-bond acceptors (Lipinski definition) is 0. The Labute approximate surface area is 256 Å². The van der Waals surface area contributed by atoms with Crippen LogP contribution in [0.5, 0.6) is 0 Å². The summed E-state index contributed by atoms with van der Waals surface area (Å²) in [6, 6.07) is 35.2. The van der Waals surface area contributed by atoms with Gasteiger partial charge >= 0.3 is 25.8 Å². The Hall–Kier alpha value is -1.24. The van der Waals surface area contributed by atoms with Crippen LogP contribution in [0.25, 0.3) is 32.7 Å². The second-order valence-corrected chi connectivity index (χ2v) is 11.7. The smallest absolute Gasteiger partial charge is 1.00 e. The van der Waals surface area contributed by atoms with E-state index in [2.05, 4.69) is 118 Å². The van der Waals surface area contributed by atoms with Gasteiger partial charge in [0.2, 0.25) is 0 Å². The summed E-state index contributed by atoms with van der Waals surface area (Å²) in [6.07, 6.45) is 8.26. The number of aryl methyl sites for hydroxylation is 1. The molecule has 0 aromatic heterocycles. The molecule has 0 atom stereocenters. The largest absolute Gasteiger partial charge is 4.00 e. The van der Waals surface area contributed by atoms with Gasteiger partial charge in [-0.3, -0.25) is 0 Å². The zero-order chi connectivity index (χ0) is 23.8. The molecule has 0 amide bonds. The molecular weight excluding hydrogens is 677 g/mol. The van der Waals surface area contributed by atoms with E-state index < -0.39 is 0 Å². The monoisotopic (exact) mass is 714 g/mol. The first-order chi connectivity index (χ1) is 16.7. The number of benzene rings is 3. The van der Waals surface area contributed by atoms with E-state index >= 15 is 0 Å². The van der Waals surface area contributed by atoms with Crippen molar-refractivity contribution >= 4 is 34.8 Å². The summed E-state index contributed by atoms with van der Waals surface area (Å²) in [4.78, 5) is 0. The molecule has 0 fully saturated rings. The maximum Gasteiger partial charge on any atom is 4.00 e. The number of hydrogen-bond donors (Lipinski definition) is 0. The van der Waals surface area contributed by atoms with Gasteiger partial charge in [0, 0.05) is 0 Å². The molecule has 5 aromatic rings. The van der Waals surface area contributed by atoms with E-state index in [9.17, 15) is 0 Å². The molecule has 0 saturated carbocycles. The number of unbranched alkanes of at least 4 members (excludes halogenated alkanes) is 2. The van der Waals surface area contributed by atoms with E-state index in [4.69, 9.17) is 0 Å². The molecular formula is C33H37Cl2HfP. The number of halogens is 2. The molecule has 5 aromatic carbocycles. The molecule has 0 radical (unpaired) electrons. The predicted octanol–water partition coefficient (Wildman–Crippen LogP) is 3.81. The molecule has 0 aliphatic rings. The van der Waals surface area contributed by atoms with Crippen LogP contribution >= 0.6 is 7.92 Å². The van der Waals surface area contributed by atoms with Gasteiger partial charge in [0.15, 0.2) is 0 Å². The van der Waals surface area contributed by atoms with Gasteiger partial charge < -0.3 is 24.8 Å². The quantitative estimate of drug-likeness (QED) is 0.131. The first-order valence-corrected chi connectivity index (χ1v) is 14.5. The SMILES string of the molecule is CCCCP(CCCC)c1cc2ccccc2[cH-]1.Cc1cc2c(-c3ccccc3)cccc2[cH-]1.[Cl-].[Cl-].[Hf+4]. The fraction of sp³-hybridized carbons (Fsp3) is 0.273. The minimum Gasteiger partial charge on any atom is -1.00 e. The summed E-state index contributed by atoms with van der Waals surface area (Å²) >= 11 is 0. The van der Waals surface area contributed by atoms with Crippen molar-refractivity contribution in [2.24, 2.45) is 0 Å². The van der Waals surface area contributed by atoms with Crippen molar-refractivity contribution in [3.05, 3.63) is 103 Å². The van der Waals surface area contributed by atoms with Crippen LogP contribution in [0.15, 0.2) is 97.1 Å². The molecule has 5 rings (SSSR count). The van der Waals surface area contributed by atoms with Crippen molar-refractivity contribution in [3.8, 4) is 11.1 Å². The Balaban J connectivity index is 0.000000344. The minimum atomic E-state index is 0. The molecule has 37 heavy (non-hydrogen) atoms. The summed E-state index contributed by atoms with van der Waals surface area (Å²) in [5, 5.41) is 7.17. The van der Waals surface area contributed by atoms with E-state index in [1.807, 2.05) is 0 Å². The summed E-state index contributed by atoms with van der Waals surface area (Å²) in [7, 11) is 0.0856. The van der Waals surface area contributed by atoms with Crippen LogP contribution in [0.1, 0.15) is 45.1 Å². The fourth-order valence-electron chi connectivity index (χ4n) is 4.64. The van der Waals surface area contributed by atoms with Crippen LogP contribution in [0.4, 0.5) is 0 Å². The van der Waals surface area contributed by atoms with E-state index in [1.165, 1.54) is 76.2 Å². The van der Waals surface area contributed by atoms with E-state index in [0.29, 0.717) is 0 Å². The van der Waals surface area contributed by atoms with Crippen molar-refractivity contribution in [2.45, 2.75) is 46.5 Å². The van der Waals surface area contributed by atoms with Gasteiger partial charge in [-0.15, -0.1) is 74.9 Å². The van der Waals surface area contributed by atoms with Crippen LogP contribution in [-0.4, -0.2) is 12.3 Å². The third-order valence-corrected chi connectivity index (χ3v) is 9.21. The predicted molar refractivity (Wildman–Crippen MR) is 155 cm³/mol. The normalized spacial score (nSPS) is 10.3. The third-order valence-electron chi connectivity index (χ3n) is 6.51. The fourth-order valence-corrected chi connectivity index (χ4v) is 7.42. The van der Waals surface area contributed by atoms with Gasteiger partial charge in [0.05, 0.1) is 0 Å². The van der Waals surface area contributed by atoms with Crippen LogP contribution < -0.4 is 30.1 Å².